The summed E-state index contributed by atoms with van der Waals surface area (Å²) < 4.78 is 0. The van der Waals surface area contributed by atoms with Crippen LogP contribution in [0.25, 0.3) is 0 Å². The average Bonchev–Trinajstić information content (AvgIpc) is 3.31. The second-order valence-electron chi connectivity index (χ2n) is 7.43. The molecule has 130 valence electrons. The van der Waals surface area contributed by atoms with Crippen LogP contribution in [0.2, 0.25) is 0 Å². The Morgan fingerprint density at radius 2 is 1.92 bits per heavy atom. The average molecular weight is 328 g/mol. The molecule has 3 N–H and O–H groups in total. The van der Waals surface area contributed by atoms with Crippen molar-refractivity contribution < 1.29 is 4.79 Å². The van der Waals surface area contributed by atoms with Crippen LogP contribution in [0.3, 0.4) is 0 Å². The topological polar surface area (TPSA) is 56.4 Å². The number of nitrogens with zero attached hydrogens (tertiary/aromatic N) is 1. The molecule has 4 rings (SSSR count). The predicted molar refractivity (Wildman–Crippen MR) is 95.5 cm³/mol. The molecular weight excluding hydrogens is 300 g/mol. The Hall–Kier alpha value is -1.59. The molecule has 24 heavy (non-hydrogen) atoms. The van der Waals surface area contributed by atoms with Gasteiger partial charge in [-0.15, -0.1) is 0 Å². The Morgan fingerprint density at radius 1 is 1.12 bits per heavy atom. The van der Waals surface area contributed by atoms with Crippen molar-refractivity contribution >= 4 is 11.6 Å². The Balaban J connectivity index is 1.32. The molecule has 2 saturated heterocycles. The molecule has 0 spiro atoms. The van der Waals surface area contributed by atoms with E-state index in [1.807, 2.05) is 0 Å². The molecule has 5 nitrogen and oxygen atoms in total. The minimum atomic E-state index is 0.0997. The highest BCUT2D eigenvalue weighted by atomic mass is 16.1. The highest BCUT2D eigenvalue weighted by molar-refractivity contribution is 5.79. The summed E-state index contributed by atoms with van der Waals surface area (Å²) in [5.41, 5.74) is 9.01. The first-order valence-electron chi connectivity index (χ1n) is 9.41. The van der Waals surface area contributed by atoms with E-state index in [0.717, 1.165) is 19.4 Å². The SMILES string of the molecule is O=C(NCc1ccc(N2CCCC2)cc1)C1CCCC2CNNC21. The number of hydrazine groups is 1. The van der Waals surface area contributed by atoms with Gasteiger partial charge in [0.25, 0.3) is 0 Å². The molecule has 0 bridgehead atoms. The van der Waals surface area contributed by atoms with Crippen LogP contribution in [0, 0.1) is 11.8 Å². The highest BCUT2D eigenvalue weighted by Crippen LogP contribution is 2.31. The van der Waals surface area contributed by atoms with Crippen molar-refractivity contribution in [1.29, 1.82) is 0 Å². The molecule has 2 heterocycles. The van der Waals surface area contributed by atoms with Gasteiger partial charge in [-0.05, 0) is 49.3 Å². The van der Waals surface area contributed by atoms with Crippen LogP contribution >= 0.6 is 0 Å². The van der Waals surface area contributed by atoms with Crippen LogP contribution in [0.5, 0.6) is 0 Å². The summed E-state index contributed by atoms with van der Waals surface area (Å²) in [7, 11) is 0. The fourth-order valence-corrected chi connectivity index (χ4v) is 4.46. The molecular formula is C19H28N4O. The summed E-state index contributed by atoms with van der Waals surface area (Å²) in [5.74, 6) is 0.904. The van der Waals surface area contributed by atoms with Crippen LogP contribution in [-0.2, 0) is 11.3 Å². The van der Waals surface area contributed by atoms with Gasteiger partial charge >= 0.3 is 0 Å². The molecule has 5 heteroatoms. The summed E-state index contributed by atoms with van der Waals surface area (Å²) in [4.78, 5) is 15.0. The lowest BCUT2D eigenvalue weighted by atomic mass is 9.77. The van der Waals surface area contributed by atoms with E-state index in [4.69, 9.17) is 0 Å². The van der Waals surface area contributed by atoms with E-state index in [1.54, 1.807) is 0 Å². The molecule has 1 aromatic rings. The van der Waals surface area contributed by atoms with E-state index in [-0.39, 0.29) is 11.8 Å². The molecule has 3 atom stereocenters. The maximum atomic E-state index is 12.6. The van der Waals surface area contributed by atoms with Gasteiger partial charge in [0.15, 0.2) is 0 Å². The van der Waals surface area contributed by atoms with Crippen molar-refractivity contribution in [1.82, 2.24) is 16.2 Å². The molecule has 0 aromatic heterocycles. The number of carbonyl (C=O) groups excluding carboxylic acids is 1. The molecule has 1 aliphatic carbocycles. The van der Waals surface area contributed by atoms with Gasteiger partial charge < -0.3 is 10.2 Å². The van der Waals surface area contributed by atoms with E-state index in [9.17, 15) is 4.79 Å². The smallest absolute Gasteiger partial charge is 0.225 e. The van der Waals surface area contributed by atoms with Gasteiger partial charge in [-0.2, -0.15) is 0 Å². The lowest BCUT2D eigenvalue weighted by Gasteiger charge is -2.31. The Kier molecular flexibility index (Phi) is 4.72. The summed E-state index contributed by atoms with van der Waals surface area (Å²) in [6.45, 7) is 3.95. The normalized spacial score (nSPS) is 29.5. The van der Waals surface area contributed by atoms with E-state index in [2.05, 4.69) is 45.3 Å². The van der Waals surface area contributed by atoms with Gasteiger partial charge in [0, 0.05) is 37.9 Å². The zero-order chi connectivity index (χ0) is 16.4. The van der Waals surface area contributed by atoms with Crippen molar-refractivity contribution in [2.75, 3.05) is 24.5 Å². The van der Waals surface area contributed by atoms with Crippen LogP contribution < -0.4 is 21.1 Å². The lowest BCUT2D eigenvalue weighted by molar-refractivity contribution is -0.127. The molecule has 2 aliphatic heterocycles. The summed E-state index contributed by atoms with van der Waals surface area (Å²) >= 11 is 0. The first kappa shape index (κ1) is 15.9. The van der Waals surface area contributed by atoms with E-state index in [1.165, 1.54) is 43.6 Å². The maximum Gasteiger partial charge on any atom is 0.225 e. The van der Waals surface area contributed by atoms with Crippen molar-refractivity contribution in [2.24, 2.45) is 11.8 Å². The summed E-state index contributed by atoms with van der Waals surface area (Å²) in [5, 5.41) is 3.15. The maximum absolute atomic E-state index is 12.6. The molecule has 0 radical (unpaired) electrons. The number of rotatable bonds is 4. The number of fused-ring (bicyclic) bond motifs is 1. The quantitative estimate of drug-likeness (QED) is 0.789. The first-order valence-corrected chi connectivity index (χ1v) is 9.41. The van der Waals surface area contributed by atoms with Crippen molar-refractivity contribution in [3.8, 4) is 0 Å². The van der Waals surface area contributed by atoms with Gasteiger partial charge in [0.1, 0.15) is 0 Å². The van der Waals surface area contributed by atoms with Crippen molar-refractivity contribution in [3.05, 3.63) is 29.8 Å². The van der Waals surface area contributed by atoms with Gasteiger partial charge in [0.2, 0.25) is 5.91 Å². The molecule has 3 aliphatic rings. The molecule has 3 fully saturated rings. The minimum absolute atomic E-state index is 0.0997. The highest BCUT2D eigenvalue weighted by Gasteiger charge is 2.39. The number of hydrogen-bond donors (Lipinski definition) is 3. The zero-order valence-electron chi connectivity index (χ0n) is 14.3. The second kappa shape index (κ2) is 7.11. The third-order valence-corrected chi connectivity index (χ3v) is 5.88. The van der Waals surface area contributed by atoms with Crippen LogP contribution in [0.15, 0.2) is 24.3 Å². The number of anilines is 1. The fraction of sp³-hybridized carbons (Fsp3) is 0.632. The molecule has 1 saturated carbocycles. The van der Waals surface area contributed by atoms with E-state index in [0.29, 0.717) is 18.5 Å². The lowest BCUT2D eigenvalue weighted by Crippen LogP contribution is -2.47. The Morgan fingerprint density at radius 3 is 2.71 bits per heavy atom. The van der Waals surface area contributed by atoms with Crippen LogP contribution in [0.1, 0.15) is 37.7 Å². The fourth-order valence-electron chi connectivity index (χ4n) is 4.46. The van der Waals surface area contributed by atoms with Gasteiger partial charge in [-0.3, -0.25) is 15.6 Å². The first-order chi connectivity index (χ1) is 11.8. The standard InChI is InChI=1S/C19H28N4O/c24-19(17-5-3-4-15-13-21-22-18(15)17)20-12-14-6-8-16(9-7-14)23-10-1-2-11-23/h6-9,15,17-18,21-22H,1-5,10-13H2,(H,20,24). The van der Waals surface area contributed by atoms with Crippen LogP contribution in [0.4, 0.5) is 5.69 Å². The number of hydrogen-bond acceptors (Lipinski definition) is 4. The molecule has 1 amide bonds. The number of nitrogens with one attached hydrogen (secondary N) is 3. The van der Waals surface area contributed by atoms with Gasteiger partial charge in [-0.1, -0.05) is 18.6 Å². The molecule has 3 unspecified atom stereocenters. The third-order valence-electron chi connectivity index (χ3n) is 5.88. The van der Waals surface area contributed by atoms with Crippen LogP contribution in [-0.4, -0.2) is 31.6 Å². The van der Waals surface area contributed by atoms with Gasteiger partial charge in [0.05, 0.1) is 5.92 Å². The predicted octanol–water partition coefficient (Wildman–Crippen LogP) is 1.80. The number of amides is 1. The monoisotopic (exact) mass is 328 g/mol. The number of carbonyl (C=O) groups is 1. The number of benzene rings is 1. The van der Waals surface area contributed by atoms with Crippen molar-refractivity contribution in [3.63, 3.8) is 0 Å². The van der Waals surface area contributed by atoms with E-state index < -0.39 is 0 Å². The third kappa shape index (κ3) is 3.28. The Bertz CT molecular complexity index is 567. The van der Waals surface area contributed by atoms with Crippen molar-refractivity contribution in [2.45, 2.75) is 44.7 Å². The largest absolute Gasteiger partial charge is 0.372 e. The Labute approximate surface area is 144 Å². The summed E-state index contributed by atoms with van der Waals surface area (Å²) in [6, 6.07) is 8.97. The van der Waals surface area contributed by atoms with E-state index >= 15 is 0 Å². The zero-order valence-corrected chi connectivity index (χ0v) is 14.3. The molecule has 1 aromatic carbocycles. The second-order valence-corrected chi connectivity index (χ2v) is 7.43. The summed E-state index contributed by atoms with van der Waals surface area (Å²) in [6.07, 6.45) is 5.98. The minimum Gasteiger partial charge on any atom is -0.372 e. The van der Waals surface area contributed by atoms with Gasteiger partial charge in [-0.25, -0.2) is 0 Å².